The van der Waals surface area contributed by atoms with Crippen molar-refractivity contribution in [3.8, 4) is 6.07 Å². The van der Waals surface area contributed by atoms with Crippen molar-refractivity contribution in [3.05, 3.63) is 15.6 Å². The van der Waals surface area contributed by atoms with Gasteiger partial charge in [-0.25, -0.2) is 4.98 Å². The van der Waals surface area contributed by atoms with Crippen LogP contribution in [-0.4, -0.2) is 18.7 Å². The Bertz CT molecular complexity index is 338. The smallest absolute Gasteiger partial charge is 0.128 e. The Hall–Kier alpha value is -0.920. The molecule has 1 rings (SSSR count). The summed E-state index contributed by atoms with van der Waals surface area (Å²) < 4.78 is 4.97. The zero-order valence-electron chi connectivity index (χ0n) is 8.70. The van der Waals surface area contributed by atoms with Gasteiger partial charge in [0, 0.05) is 13.5 Å². The molecule has 14 heavy (non-hydrogen) atoms. The van der Waals surface area contributed by atoms with Gasteiger partial charge in [0.1, 0.15) is 10.9 Å². The van der Waals surface area contributed by atoms with Gasteiger partial charge < -0.3 is 4.74 Å². The lowest BCUT2D eigenvalue weighted by Gasteiger charge is -1.98. The molecule has 0 N–H and O–H groups in total. The zero-order valence-corrected chi connectivity index (χ0v) is 9.52. The van der Waals surface area contributed by atoms with Crippen LogP contribution in [0.4, 0.5) is 0 Å². The number of thiazole rings is 1. The normalized spacial score (nSPS) is 10.5. The van der Waals surface area contributed by atoms with E-state index in [1.807, 2.05) is 0 Å². The number of nitrogens with zero attached hydrogens (tertiary/aromatic N) is 2. The summed E-state index contributed by atoms with van der Waals surface area (Å²) in [6, 6.07) is 2.19. The topological polar surface area (TPSA) is 45.9 Å². The van der Waals surface area contributed by atoms with Crippen LogP contribution in [0, 0.1) is 11.3 Å². The van der Waals surface area contributed by atoms with Crippen molar-refractivity contribution >= 4 is 11.3 Å². The number of rotatable bonds is 4. The maximum atomic E-state index is 8.90. The van der Waals surface area contributed by atoms with Crippen LogP contribution in [0.2, 0.25) is 0 Å². The fourth-order valence-electron chi connectivity index (χ4n) is 1.15. The van der Waals surface area contributed by atoms with Gasteiger partial charge >= 0.3 is 0 Å². The van der Waals surface area contributed by atoms with Gasteiger partial charge in [-0.3, -0.25) is 0 Å². The molecule has 0 fully saturated rings. The molecule has 0 unspecified atom stereocenters. The van der Waals surface area contributed by atoms with Crippen molar-refractivity contribution < 1.29 is 4.74 Å². The standard InChI is InChI=1S/C10H14N2OS/c1-7(2)10-8(6-11)14-9(12-10)4-5-13-3/h7H,4-5H2,1-3H3. The molecule has 0 spiro atoms. The Balaban J connectivity index is 2.85. The van der Waals surface area contributed by atoms with Crippen LogP contribution >= 0.6 is 11.3 Å². The highest BCUT2D eigenvalue weighted by atomic mass is 32.1. The fraction of sp³-hybridized carbons (Fsp3) is 0.600. The largest absolute Gasteiger partial charge is 0.384 e. The minimum Gasteiger partial charge on any atom is -0.384 e. The van der Waals surface area contributed by atoms with E-state index in [4.69, 9.17) is 10.00 Å². The van der Waals surface area contributed by atoms with Crippen LogP contribution in [0.1, 0.15) is 35.3 Å². The summed E-state index contributed by atoms with van der Waals surface area (Å²) in [6.07, 6.45) is 0.794. The zero-order chi connectivity index (χ0) is 10.6. The Morgan fingerprint density at radius 1 is 1.57 bits per heavy atom. The molecule has 1 aromatic rings. The maximum absolute atomic E-state index is 8.90. The number of ether oxygens (including phenoxy) is 1. The van der Waals surface area contributed by atoms with Gasteiger partial charge in [0.25, 0.3) is 0 Å². The summed E-state index contributed by atoms with van der Waals surface area (Å²) in [5.41, 5.74) is 0.920. The molecule has 76 valence electrons. The van der Waals surface area contributed by atoms with Gasteiger partial charge in [-0.15, -0.1) is 11.3 Å². The quantitative estimate of drug-likeness (QED) is 0.766. The van der Waals surface area contributed by atoms with E-state index in [9.17, 15) is 0 Å². The van der Waals surface area contributed by atoms with E-state index in [-0.39, 0.29) is 0 Å². The molecule has 0 amide bonds. The number of hydrogen-bond donors (Lipinski definition) is 0. The Kier molecular flexibility index (Phi) is 4.05. The van der Waals surface area contributed by atoms with Crippen molar-refractivity contribution in [1.29, 1.82) is 5.26 Å². The summed E-state index contributed by atoms with van der Waals surface area (Å²) in [5.74, 6) is 0.317. The highest BCUT2D eigenvalue weighted by Gasteiger charge is 2.13. The molecule has 0 aliphatic rings. The lowest BCUT2D eigenvalue weighted by molar-refractivity contribution is 0.202. The van der Waals surface area contributed by atoms with Crippen LogP contribution in [0.3, 0.4) is 0 Å². The molecule has 4 heteroatoms. The maximum Gasteiger partial charge on any atom is 0.128 e. The van der Waals surface area contributed by atoms with Crippen molar-refractivity contribution in [3.63, 3.8) is 0 Å². The summed E-state index contributed by atoms with van der Waals surface area (Å²) in [5, 5.41) is 9.89. The molecule has 0 saturated carbocycles. The van der Waals surface area contributed by atoms with Crippen LogP contribution in [0.5, 0.6) is 0 Å². The third kappa shape index (κ3) is 2.53. The second kappa shape index (κ2) is 5.08. The minimum atomic E-state index is 0.317. The fourth-order valence-corrected chi connectivity index (χ4v) is 2.14. The van der Waals surface area contributed by atoms with Crippen LogP contribution < -0.4 is 0 Å². The van der Waals surface area contributed by atoms with Gasteiger partial charge in [0.2, 0.25) is 0 Å². The van der Waals surface area contributed by atoms with E-state index in [1.165, 1.54) is 11.3 Å². The first-order chi connectivity index (χ1) is 6.69. The van der Waals surface area contributed by atoms with E-state index in [0.717, 1.165) is 22.0 Å². The molecule has 0 bridgehead atoms. The van der Waals surface area contributed by atoms with Gasteiger partial charge in [0.15, 0.2) is 0 Å². The van der Waals surface area contributed by atoms with E-state index in [0.29, 0.717) is 12.5 Å². The molecule has 0 saturated heterocycles. The van der Waals surface area contributed by atoms with Gasteiger partial charge in [-0.2, -0.15) is 5.26 Å². The molecule has 0 aliphatic heterocycles. The summed E-state index contributed by atoms with van der Waals surface area (Å²) >= 11 is 1.48. The number of nitriles is 1. The molecule has 0 radical (unpaired) electrons. The second-order valence-electron chi connectivity index (χ2n) is 3.33. The van der Waals surface area contributed by atoms with Gasteiger partial charge in [0.05, 0.1) is 17.3 Å². The molecule has 3 nitrogen and oxygen atoms in total. The summed E-state index contributed by atoms with van der Waals surface area (Å²) in [6.45, 7) is 4.77. The summed E-state index contributed by atoms with van der Waals surface area (Å²) in [4.78, 5) is 5.18. The Labute approximate surface area is 88.4 Å². The first kappa shape index (κ1) is 11.2. The molecule has 1 aromatic heterocycles. The van der Waals surface area contributed by atoms with Crippen LogP contribution in [-0.2, 0) is 11.2 Å². The number of methoxy groups -OCH3 is 1. The van der Waals surface area contributed by atoms with E-state index in [1.54, 1.807) is 7.11 Å². The first-order valence-corrected chi connectivity index (χ1v) is 5.39. The molecular formula is C10H14N2OS. The molecular weight excluding hydrogens is 196 g/mol. The SMILES string of the molecule is COCCc1nc(C(C)C)c(C#N)s1. The first-order valence-electron chi connectivity index (χ1n) is 4.57. The molecule has 0 aliphatic carbocycles. The average Bonchev–Trinajstić information content (AvgIpc) is 2.57. The van der Waals surface area contributed by atoms with Gasteiger partial charge in [-0.1, -0.05) is 13.8 Å². The predicted molar refractivity (Wildman–Crippen MR) is 56.5 cm³/mol. The molecule has 1 heterocycles. The second-order valence-corrected chi connectivity index (χ2v) is 4.41. The predicted octanol–water partition coefficient (Wildman–Crippen LogP) is 2.33. The molecule has 0 aromatic carbocycles. The van der Waals surface area contributed by atoms with Crippen LogP contribution in [0.25, 0.3) is 0 Å². The summed E-state index contributed by atoms with van der Waals surface area (Å²) in [7, 11) is 1.67. The van der Waals surface area contributed by atoms with Crippen molar-refractivity contribution in [1.82, 2.24) is 4.98 Å². The average molecular weight is 210 g/mol. The monoisotopic (exact) mass is 210 g/mol. The van der Waals surface area contributed by atoms with E-state index >= 15 is 0 Å². The third-order valence-corrected chi connectivity index (χ3v) is 2.90. The lowest BCUT2D eigenvalue weighted by Crippen LogP contribution is -1.95. The van der Waals surface area contributed by atoms with Crippen molar-refractivity contribution in [2.75, 3.05) is 13.7 Å². The number of hydrogen-bond acceptors (Lipinski definition) is 4. The highest BCUT2D eigenvalue weighted by molar-refractivity contribution is 7.12. The van der Waals surface area contributed by atoms with E-state index in [2.05, 4.69) is 24.9 Å². The molecule has 0 atom stereocenters. The van der Waals surface area contributed by atoms with Gasteiger partial charge in [-0.05, 0) is 5.92 Å². The Morgan fingerprint density at radius 3 is 2.71 bits per heavy atom. The lowest BCUT2D eigenvalue weighted by atomic mass is 10.1. The third-order valence-electron chi connectivity index (χ3n) is 1.87. The van der Waals surface area contributed by atoms with Crippen molar-refractivity contribution in [2.45, 2.75) is 26.2 Å². The highest BCUT2D eigenvalue weighted by Crippen LogP contribution is 2.24. The number of aromatic nitrogens is 1. The van der Waals surface area contributed by atoms with Crippen LogP contribution in [0.15, 0.2) is 0 Å². The van der Waals surface area contributed by atoms with E-state index < -0.39 is 0 Å². The van der Waals surface area contributed by atoms with Crippen molar-refractivity contribution in [2.24, 2.45) is 0 Å². The minimum absolute atomic E-state index is 0.317. The Morgan fingerprint density at radius 2 is 2.29 bits per heavy atom.